The molecule has 1 aliphatic heterocycles. The third kappa shape index (κ3) is 3.38. The van der Waals surface area contributed by atoms with Crippen molar-refractivity contribution in [1.82, 2.24) is 4.31 Å². The zero-order chi connectivity index (χ0) is 16.3. The molecule has 0 aliphatic carbocycles. The summed E-state index contributed by atoms with van der Waals surface area (Å²) in [6.45, 7) is 4.37. The summed E-state index contributed by atoms with van der Waals surface area (Å²) in [5, 5.41) is 0. The molecule has 0 amide bonds. The Hall–Kier alpha value is -1.27. The Kier molecular flexibility index (Phi) is 5.34. The predicted molar refractivity (Wildman–Crippen MR) is 86.9 cm³/mol. The van der Waals surface area contributed by atoms with E-state index in [9.17, 15) is 8.42 Å². The van der Waals surface area contributed by atoms with Crippen molar-refractivity contribution in [1.29, 1.82) is 0 Å². The van der Waals surface area contributed by atoms with Crippen LogP contribution in [0.4, 0.5) is 0 Å². The van der Waals surface area contributed by atoms with Gasteiger partial charge in [-0.2, -0.15) is 4.31 Å². The molecule has 22 heavy (non-hydrogen) atoms. The summed E-state index contributed by atoms with van der Waals surface area (Å²) < 4.78 is 37.3. The van der Waals surface area contributed by atoms with Crippen LogP contribution >= 0.6 is 0 Å². The number of ether oxygens (including phenoxy) is 2. The average Bonchev–Trinajstić information content (AvgIpc) is 2.50. The van der Waals surface area contributed by atoms with Crippen molar-refractivity contribution in [3.05, 3.63) is 23.3 Å². The largest absolute Gasteiger partial charge is 0.493 e. The fourth-order valence-electron chi connectivity index (χ4n) is 2.86. The van der Waals surface area contributed by atoms with Crippen molar-refractivity contribution in [2.24, 2.45) is 0 Å². The number of fused-ring (bicyclic) bond motifs is 1. The smallest absolute Gasteiger partial charge is 0.214 e. The van der Waals surface area contributed by atoms with Gasteiger partial charge < -0.3 is 9.47 Å². The maximum absolute atomic E-state index is 12.5. The molecule has 0 aromatic heterocycles. The van der Waals surface area contributed by atoms with Crippen molar-refractivity contribution in [2.75, 3.05) is 20.0 Å². The first-order valence-electron chi connectivity index (χ1n) is 7.66. The molecule has 0 spiro atoms. The molecule has 1 heterocycles. The molecule has 124 valence electrons. The maximum atomic E-state index is 12.5. The van der Waals surface area contributed by atoms with Crippen LogP contribution in [-0.4, -0.2) is 38.7 Å². The molecule has 0 N–H and O–H groups in total. The first-order chi connectivity index (χ1) is 10.4. The molecule has 1 aromatic rings. The van der Waals surface area contributed by atoms with E-state index in [1.54, 1.807) is 18.5 Å². The summed E-state index contributed by atoms with van der Waals surface area (Å²) in [5.41, 5.74) is 2.13. The Labute approximate surface area is 133 Å². The third-order valence-electron chi connectivity index (χ3n) is 4.15. The number of nitrogens with zero attached hydrogens (tertiary/aromatic N) is 1. The Morgan fingerprint density at radius 3 is 2.32 bits per heavy atom. The molecule has 5 nitrogen and oxygen atoms in total. The highest BCUT2D eigenvalue weighted by Gasteiger charge is 2.32. The number of methoxy groups -OCH3 is 2. The van der Waals surface area contributed by atoms with Gasteiger partial charge in [0.25, 0.3) is 0 Å². The Morgan fingerprint density at radius 1 is 1.18 bits per heavy atom. The molecule has 0 bridgehead atoms. The van der Waals surface area contributed by atoms with Crippen LogP contribution in [0.2, 0.25) is 0 Å². The van der Waals surface area contributed by atoms with Gasteiger partial charge >= 0.3 is 0 Å². The highest BCUT2D eigenvalue weighted by Crippen LogP contribution is 2.35. The molecule has 0 saturated heterocycles. The molecule has 1 unspecified atom stereocenters. The van der Waals surface area contributed by atoms with Gasteiger partial charge in [0.05, 0.1) is 20.0 Å². The molecule has 2 rings (SSSR count). The predicted octanol–water partition coefficient (Wildman–Crippen LogP) is 2.58. The van der Waals surface area contributed by atoms with Crippen molar-refractivity contribution < 1.29 is 17.9 Å². The van der Waals surface area contributed by atoms with Gasteiger partial charge in [-0.3, -0.25) is 0 Å². The monoisotopic (exact) mass is 327 g/mol. The lowest BCUT2D eigenvalue weighted by Gasteiger charge is -2.34. The van der Waals surface area contributed by atoms with Gasteiger partial charge in [0, 0.05) is 12.6 Å². The minimum Gasteiger partial charge on any atom is -0.493 e. The van der Waals surface area contributed by atoms with E-state index in [2.05, 4.69) is 0 Å². The highest BCUT2D eigenvalue weighted by molar-refractivity contribution is 7.89. The van der Waals surface area contributed by atoms with Gasteiger partial charge in [-0.25, -0.2) is 8.42 Å². The van der Waals surface area contributed by atoms with Gasteiger partial charge in [-0.15, -0.1) is 0 Å². The zero-order valence-electron chi connectivity index (χ0n) is 13.8. The van der Waals surface area contributed by atoms with E-state index in [1.165, 1.54) is 0 Å². The van der Waals surface area contributed by atoms with E-state index in [-0.39, 0.29) is 11.8 Å². The number of benzene rings is 1. The average molecular weight is 327 g/mol. The van der Waals surface area contributed by atoms with Crippen LogP contribution in [0.15, 0.2) is 12.1 Å². The minimum absolute atomic E-state index is 0.0348. The molecule has 1 aliphatic rings. The number of rotatable bonds is 6. The first-order valence-corrected chi connectivity index (χ1v) is 9.27. The lowest BCUT2D eigenvalue weighted by molar-refractivity contribution is 0.304. The van der Waals surface area contributed by atoms with Gasteiger partial charge in [0.2, 0.25) is 10.0 Å². The second kappa shape index (κ2) is 6.87. The molecular weight excluding hydrogens is 302 g/mol. The Morgan fingerprint density at radius 2 is 1.77 bits per heavy atom. The molecular formula is C16H25NO4S. The molecule has 1 atom stereocenters. The number of unbranched alkanes of at least 4 members (excludes halogenated alkanes) is 1. The number of hydrogen-bond donors (Lipinski definition) is 0. The lowest BCUT2D eigenvalue weighted by atomic mass is 9.96. The maximum Gasteiger partial charge on any atom is 0.214 e. The van der Waals surface area contributed by atoms with Crippen molar-refractivity contribution in [3.63, 3.8) is 0 Å². The van der Waals surface area contributed by atoms with Crippen LogP contribution in [0.5, 0.6) is 11.5 Å². The summed E-state index contributed by atoms with van der Waals surface area (Å²) in [7, 11) is -0.0135. The fraction of sp³-hybridized carbons (Fsp3) is 0.625. The quantitative estimate of drug-likeness (QED) is 0.806. The van der Waals surface area contributed by atoms with Crippen LogP contribution in [0.25, 0.3) is 0 Å². The SMILES string of the molecule is CCCCS(=O)(=O)N1Cc2cc(OC)c(OC)cc2CC1C. The van der Waals surface area contributed by atoms with Gasteiger partial charge in [-0.1, -0.05) is 13.3 Å². The lowest BCUT2D eigenvalue weighted by Crippen LogP contribution is -2.43. The van der Waals surface area contributed by atoms with E-state index in [4.69, 9.17) is 9.47 Å². The third-order valence-corrected chi connectivity index (χ3v) is 6.16. The van der Waals surface area contributed by atoms with E-state index in [0.29, 0.717) is 30.9 Å². The summed E-state index contributed by atoms with van der Waals surface area (Å²) >= 11 is 0. The van der Waals surface area contributed by atoms with E-state index >= 15 is 0 Å². The highest BCUT2D eigenvalue weighted by atomic mass is 32.2. The molecule has 1 aromatic carbocycles. The standard InChI is InChI=1S/C16H25NO4S/c1-5-6-7-22(18,19)17-11-14-10-16(21-4)15(20-3)9-13(14)8-12(17)2/h9-10,12H,5-8,11H2,1-4H3. The van der Waals surface area contributed by atoms with Crippen molar-refractivity contribution in [2.45, 2.75) is 45.7 Å². The van der Waals surface area contributed by atoms with E-state index in [0.717, 1.165) is 17.5 Å². The Balaban J connectivity index is 2.32. The molecule has 0 saturated carbocycles. The second-order valence-electron chi connectivity index (χ2n) is 5.74. The van der Waals surface area contributed by atoms with Gasteiger partial charge in [0.1, 0.15) is 0 Å². The minimum atomic E-state index is -3.21. The molecule has 6 heteroatoms. The summed E-state index contributed by atoms with van der Waals surface area (Å²) in [6.07, 6.45) is 2.27. The molecule has 0 fully saturated rings. The summed E-state index contributed by atoms with van der Waals surface area (Å²) in [4.78, 5) is 0. The normalized spacial score (nSPS) is 18.8. The van der Waals surface area contributed by atoms with E-state index in [1.807, 2.05) is 26.0 Å². The summed E-state index contributed by atoms with van der Waals surface area (Å²) in [5.74, 6) is 1.55. The van der Waals surface area contributed by atoms with Crippen LogP contribution < -0.4 is 9.47 Å². The fourth-order valence-corrected chi connectivity index (χ4v) is 4.71. The van der Waals surface area contributed by atoms with Crippen molar-refractivity contribution in [3.8, 4) is 11.5 Å². The van der Waals surface area contributed by atoms with E-state index < -0.39 is 10.0 Å². The number of sulfonamides is 1. The van der Waals surface area contributed by atoms with Gasteiger partial charge in [0.15, 0.2) is 11.5 Å². The van der Waals surface area contributed by atoms with Crippen LogP contribution in [0.1, 0.15) is 37.8 Å². The summed E-state index contributed by atoms with van der Waals surface area (Å²) in [6, 6.07) is 3.82. The Bertz CT molecular complexity index is 627. The van der Waals surface area contributed by atoms with Gasteiger partial charge in [-0.05, 0) is 43.0 Å². The molecule has 0 radical (unpaired) electrons. The zero-order valence-corrected chi connectivity index (χ0v) is 14.6. The van der Waals surface area contributed by atoms with Crippen LogP contribution in [-0.2, 0) is 23.0 Å². The van der Waals surface area contributed by atoms with Crippen molar-refractivity contribution >= 4 is 10.0 Å². The van der Waals surface area contributed by atoms with Crippen LogP contribution in [0.3, 0.4) is 0 Å². The second-order valence-corrected chi connectivity index (χ2v) is 7.78. The topological polar surface area (TPSA) is 55.8 Å². The van der Waals surface area contributed by atoms with Crippen LogP contribution in [0, 0.1) is 0 Å². The number of hydrogen-bond acceptors (Lipinski definition) is 4. The first kappa shape index (κ1) is 17.1.